The maximum absolute atomic E-state index is 12.0. The maximum Gasteiger partial charge on any atom is 0.251 e. The van der Waals surface area contributed by atoms with Gasteiger partial charge >= 0.3 is 0 Å². The quantitative estimate of drug-likeness (QED) is 0.799. The Hall–Kier alpha value is -3.02. The number of pyridine rings is 1. The topological polar surface area (TPSA) is 80.9 Å². The van der Waals surface area contributed by atoms with Gasteiger partial charge in [-0.15, -0.1) is 10.2 Å². The molecule has 110 valence electrons. The van der Waals surface area contributed by atoms with Gasteiger partial charge in [0.1, 0.15) is 0 Å². The zero-order valence-corrected chi connectivity index (χ0v) is 12.0. The minimum atomic E-state index is -0.176. The van der Waals surface area contributed by atoms with E-state index in [-0.39, 0.29) is 12.5 Å². The molecule has 0 radical (unpaired) electrons. The molecule has 0 saturated heterocycles. The lowest BCUT2D eigenvalue weighted by Crippen LogP contribution is -2.22. The van der Waals surface area contributed by atoms with Crippen LogP contribution in [0.3, 0.4) is 0 Å². The molecule has 2 heterocycles. The van der Waals surface area contributed by atoms with Gasteiger partial charge in [-0.3, -0.25) is 9.78 Å². The summed E-state index contributed by atoms with van der Waals surface area (Å²) in [4.78, 5) is 16.0. The first-order valence-electron chi connectivity index (χ1n) is 6.80. The molecule has 3 rings (SSSR count). The van der Waals surface area contributed by atoms with Crippen LogP contribution in [0.2, 0.25) is 0 Å². The number of carbonyl (C=O) groups is 1. The predicted molar refractivity (Wildman–Crippen MR) is 79.9 cm³/mol. The lowest BCUT2D eigenvalue weighted by atomic mass is 10.1. The lowest BCUT2D eigenvalue weighted by Gasteiger charge is -2.03. The number of nitrogens with zero attached hydrogens (tertiary/aromatic N) is 3. The van der Waals surface area contributed by atoms with Gasteiger partial charge < -0.3 is 9.73 Å². The Morgan fingerprint density at radius 2 is 2.14 bits per heavy atom. The normalized spacial score (nSPS) is 10.4. The highest BCUT2D eigenvalue weighted by Gasteiger charge is 2.10. The summed E-state index contributed by atoms with van der Waals surface area (Å²) in [5, 5.41) is 10.6. The largest absolute Gasteiger partial charge is 0.419 e. The molecule has 1 aromatic carbocycles. The molecule has 0 fully saturated rings. The Balaban J connectivity index is 1.65. The fourth-order valence-electron chi connectivity index (χ4n) is 1.98. The smallest absolute Gasteiger partial charge is 0.251 e. The molecular formula is C16H14N4O2. The molecule has 2 aromatic heterocycles. The Labute approximate surface area is 127 Å². The summed E-state index contributed by atoms with van der Waals surface area (Å²) in [6, 6.07) is 11.0. The standard InChI is InChI=1S/C16H14N4O2/c1-11-4-2-5-12(8-11)15(21)18-10-14-19-20-16(22-14)13-6-3-7-17-9-13/h2-9H,10H2,1H3,(H,18,21). The van der Waals surface area contributed by atoms with Crippen LogP contribution in [0.15, 0.2) is 53.2 Å². The minimum Gasteiger partial charge on any atom is -0.419 e. The van der Waals surface area contributed by atoms with Crippen LogP contribution in [0.25, 0.3) is 11.5 Å². The van der Waals surface area contributed by atoms with Crippen molar-refractivity contribution >= 4 is 5.91 Å². The zero-order chi connectivity index (χ0) is 15.4. The minimum absolute atomic E-state index is 0.176. The van der Waals surface area contributed by atoms with Gasteiger partial charge in [0.2, 0.25) is 11.8 Å². The van der Waals surface area contributed by atoms with E-state index in [2.05, 4.69) is 20.5 Å². The van der Waals surface area contributed by atoms with Crippen molar-refractivity contribution in [3.63, 3.8) is 0 Å². The van der Waals surface area contributed by atoms with Gasteiger partial charge in [-0.1, -0.05) is 17.7 Å². The fraction of sp³-hybridized carbons (Fsp3) is 0.125. The molecule has 0 unspecified atom stereocenters. The van der Waals surface area contributed by atoms with E-state index < -0.39 is 0 Å². The second-order valence-corrected chi connectivity index (χ2v) is 4.79. The highest BCUT2D eigenvalue weighted by molar-refractivity contribution is 5.94. The number of aryl methyl sites for hydroxylation is 1. The molecule has 6 nitrogen and oxygen atoms in total. The monoisotopic (exact) mass is 294 g/mol. The van der Waals surface area contributed by atoms with E-state index in [9.17, 15) is 4.79 Å². The summed E-state index contributed by atoms with van der Waals surface area (Å²) in [7, 11) is 0. The van der Waals surface area contributed by atoms with Crippen LogP contribution >= 0.6 is 0 Å². The SMILES string of the molecule is Cc1cccc(C(=O)NCc2nnc(-c3cccnc3)o2)c1. The molecule has 0 aliphatic rings. The number of aromatic nitrogens is 3. The van der Waals surface area contributed by atoms with Crippen LogP contribution in [0, 0.1) is 6.92 Å². The third kappa shape index (κ3) is 3.17. The summed E-state index contributed by atoms with van der Waals surface area (Å²) < 4.78 is 5.50. The third-order valence-corrected chi connectivity index (χ3v) is 3.06. The number of benzene rings is 1. The Morgan fingerprint density at radius 3 is 2.91 bits per heavy atom. The van der Waals surface area contributed by atoms with Gasteiger partial charge in [-0.25, -0.2) is 0 Å². The average molecular weight is 294 g/mol. The second kappa shape index (κ2) is 6.17. The van der Waals surface area contributed by atoms with E-state index in [0.717, 1.165) is 11.1 Å². The summed E-state index contributed by atoms with van der Waals surface area (Å²) >= 11 is 0. The number of hydrogen-bond donors (Lipinski definition) is 1. The molecule has 0 aliphatic carbocycles. The molecule has 1 N–H and O–H groups in total. The van der Waals surface area contributed by atoms with Crippen molar-refractivity contribution in [2.45, 2.75) is 13.5 Å². The molecule has 0 bridgehead atoms. The van der Waals surface area contributed by atoms with Crippen LogP contribution in [0.4, 0.5) is 0 Å². The summed E-state index contributed by atoms with van der Waals surface area (Å²) in [6.45, 7) is 2.12. The van der Waals surface area contributed by atoms with E-state index in [1.54, 1.807) is 24.5 Å². The predicted octanol–water partition coefficient (Wildman–Crippen LogP) is 2.37. The second-order valence-electron chi connectivity index (χ2n) is 4.79. The average Bonchev–Trinajstić information content (AvgIpc) is 3.02. The fourth-order valence-corrected chi connectivity index (χ4v) is 1.98. The van der Waals surface area contributed by atoms with Gasteiger partial charge in [0.25, 0.3) is 5.91 Å². The highest BCUT2D eigenvalue weighted by Crippen LogP contribution is 2.15. The molecule has 0 saturated carbocycles. The van der Waals surface area contributed by atoms with Crippen LogP contribution < -0.4 is 5.32 Å². The molecule has 3 aromatic rings. The van der Waals surface area contributed by atoms with Crippen molar-refractivity contribution in [1.29, 1.82) is 0 Å². The van der Waals surface area contributed by atoms with Crippen molar-refractivity contribution in [2.75, 3.05) is 0 Å². The molecule has 0 aliphatic heterocycles. The molecule has 0 atom stereocenters. The van der Waals surface area contributed by atoms with E-state index in [1.807, 2.05) is 31.2 Å². The molecular weight excluding hydrogens is 280 g/mol. The van der Waals surface area contributed by atoms with E-state index in [0.29, 0.717) is 17.3 Å². The molecule has 0 spiro atoms. The lowest BCUT2D eigenvalue weighted by molar-refractivity contribution is 0.0947. The first-order valence-corrected chi connectivity index (χ1v) is 6.80. The summed E-state index contributed by atoms with van der Waals surface area (Å²) in [6.07, 6.45) is 3.31. The van der Waals surface area contributed by atoms with E-state index in [4.69, 9.17) is 4.42 Å². The van der Waals surface area contributed by atoms with Crippen molar-refractivity contribution < 1.29 is 9.21 Å². The van der Waals surface area contributed by atoms with Gasteiger partial charge in [-0.05, 0) is 31.2 Å². The van der Waals surface area contributed by atoms with Gasteiger partial charge in [-0.2, -0.15) is 0 Å². The summed E-state index contributed by atoms with van der Waals surface area (Å²) in [5.74, 6) is 0.553. The molecule has 22 heavy (non-hydrogen) atoms. The van der Waals surface area contributed by atoms with Crippen LogP contribution in [0.5, 0.6) is 0 Å². The van der Waals surface area contributed by atoms with Gasteiger partial charge in [0.05, 0.1) is 12.1 Å². The Bertz CT molecular complexity index is 784. The number of nitrogens with one attached hydrogen (secondary N) is 1. The van der Waals surface area contributed by atoms with Crippen molar-refractivity contribution in [3.8, 4) is 11.5 Å². The van der Waals surface area contributed by atoms with Crippen LogP contribution in [-0.2, 0) is 6.54 Å². The molecule has 6 heteroatoms. The number of hydrogen-bond acceptors (Lipinski definition) is 5. The van der Waals surface area contributed by atoms with Crippen molar-refractivity contribution in [2.24, 2.45) is 0 Å². The van der Waals surface area contributed by atoms with Crippen LogP contribution in [0.1, 0.15) is 21.8 Å². The van der Waals surface area contributed by atoms with Crippen LogP contribution in [-0.4, -0.2) is 21.1 Å². The third-order valence-electron chi connectivity index (χ3n) is 3.06. The number of carbonyl (C=O) groups excluding carboxylic acids is 1. The van der Waals surface area contributed by atoms with Crippen molar-refractivity contribution in [1.82, 2.24) is 20.5 Å². The molecule has 1 amide bonds. The highest BCUT2D eigenvalue weighted by atomic mass is 16.4. The number of amides is 1. The summed E-state index contributed by atoms with van der Waals surface area (Å²) in [5.41, 5.74) is 2.38. The Morgan fingerprint density at radius 1 is 1.23 bits per heavy atom. The first kappa shape index (κ1) is 13.9. The number of rotatable bonds is 4. The zero-order valence-electron chi connectivity index (χ0n) is 12.0. The van der Waals surface area contributed by atoms with E-state index >= 15 is 0 Å². The first-order chi connectivity index (χ1) is 10.7. The van der Waals surface area contributed by atoms with Crippen molar-refractivity contribution in [3.05, 3.63) is 65.8 Å². The Kier molecular flexibility index (Phi) is 3.91. The van der Waals surface area contributed by atoms with Gasteiger partial charge in [0, 0.05) is 18.0 Å². The van der Waals surface area contributed by atoms with E-state index in [1.165, 1.54) is 0 Å². The van der Waals surface area contributed by atoms with Gasteiger partial charge in [0.15, 0.2) is 0 Å². The maximum atomic E-state index is 12.0.